The van der Waals surface area contributed by atoms with Gasteiger partial charge in [-0.1, -0.05) is 54.6 Å². The number of nitrogens with zero attached hydrogens (tertiary/aromatic N) is 2. The van der Waals surface area contributed by atoms with Gasteiger partial charge in [0.05, 0.1) is 29.6 Å². The van der Waals surface area contributed by atoms with Gasteiger partial charge in [-0.2, -0.15) is 0 Å². The van der Waals surface area contributed by atoms with Gasteiger partial charge in [0.2, 0.25) is 11.8 Å². The third-order valence-corrected chi connectivity index (χ3v) is 5.98. The molecule has 162 valence electrons. The SMILES string of the molecule is O=C1CCCN1c1ccccc1NCC(=O)N1c2ccccc2OCC1c1ccccc1. The number of amides is 2. The predicted octanol–water partition coefficient (Wildman–Crippen LogP) is 4.39. The largest absolute Gasteiger partial charge is 0.489 e. The molecule has 3 aromatic rings. The van der Waals surface area contributed by atoms with E-state index >= 15 is 0 Å². The van der Waals surface area contributed by atoms with Crippen molar-refractivity contribution in [3.05, 3.63) is 84.4 Å². The zero-order valence-electron chi connectivity index (χ0n) is 17.7. The number of ether oxygens (including phenoxy) is 1. The summed E-state index contributed by atoms with van der Waals surface area (Å²) in [5.41, 5.74) is 3.40. The lowest BCUT2D eigenvalue weighted by Gasteiger charge is -2.37. The van der Waals surface area contributed by atoms with Crippen LogP contribution in [0.3, 0.4) is 0 Å². The van der Waals surface area contributed by atoms with Gasteiger partial charge in [0.25, 0.3) is 0 Å². The highest BCUT2D eigenvalue weighted by molar-refractivity contribution is 6.01. The van der Waals surface area contributed by atoms with Gasteiger partial charge in [-0.25, -0.2) is 0 Å². The van der Waals surface area contributed by atoms with E-state index in [-0.39, 0.29) is 24.4 Å². The molecule has 0 spiro atoms. The Morgan fingerprint density at radius 1 is 0.938 bits per heavy atom. The van der Waals surface area contributed by atoms with Crippen LogP contribution in [-0.2, 0) is 9.59 Å². The first-order valence-corrected chi connectivity index (χ1v) is 10.9. The molecule has 2 aliphatic heterocycles. The molecule has 1 N–H and O–H groups in total. The molecule has 1 saturated heterocycles. The Balaban J connectivity index is 1.41. The normalized spacial score (nSPS) is 17.6. The predicted molar refractivity (Wildman–Crippen MR) is 125 cm³/mol. The molecule has 6 nitrogen and oxygen atoms in total. The maximum absolute atomic E-state index is 13.5. The van der Waals surface area contributed by atoms with Gasteiger partial charge < -0.3 is 15.0 Å². The summed E-state index contributed by atoms with van der Waals surface area (Å²) in [7, 11) is 0. The van der Waals surface area contributed by atoms with Gasteiger partial charge in [-0.3, -0.25) is 14.5 Å². The summed E-state index contributed by atoms with van der Waals surface area (Å²) in [5.74, 6) is 0.769. The molecule has 6 heteroatoms. The van der Waals surface area contributed by atoms with Gasteiger partial charge in [0, 0.05) is 13.0 Å². The van der Waals surface area contributed by atoms with Crippen LogP contribution < -0.4 is 19.9 Å². The number of rotatable bonds is 5. The number of para-hydroxylation sites is 4. The quantitative estimate of drug-likeness (QED) is 0.656. The summed E-state index contributed by atoms with van der Waals surface area (Å²) in [6, 6.07) is 25.0. The zero-order valence-corrected chi connectivity index (χ0v) is 17.7. The van der Waals surface area contributed by atoms with Crippen molar-refractivity contribution in [2.45, 2.75) is 18.9 Å². The second-order valence-corrected chi connectivity index (χ2v) is 7.99. The highest BCUT2D eigenvalue weighted by atomic mass is 16.5. The van der Waals surface area contributed by atoms with Gasteiger partial charge in [-0.15, -0.1) is 0 Å². The smallest absolute Gasteiger partial charge is 0.247 e. The molecule has 0 bridgehead atoms. The van der Waals surface area contributed by atoms with Crippen molar-refractivity contribution in [1.82, 2.24) is 0 Å². The molecular weight excluding hydrogens is 402 g/mol. The van der Waals surface area contributed by atoms with Crippen molar-refractivity contribution < 1.29 is 14.3 Å². The van der Waals surface area contributed by atoms with Crippen LogP contribution in [0, 0.1) is 0 Å². The molecule has 5 rings (SSSR count). The van der Waals surface area contributed by atoms with Crippen LogP contribution in [0.1, 0.15) is 24.4 Å². The zero-order chi connectivity index (χ0) is 21.9. The Morgan fingerprint density at radius 3 is 2.44 bits per heavy atom. The van der Waals surface area contributed by atoms with Crippen LogP contribution in [0.25, 0.3) is 0 Å². The minimum atomic E-state index is -0.212. The van der Waals surface area contributed by atoms with Gasteiger partial charge >= 0.3 is 0 Å². The van der Waals surface area contributed by atoms with Gasteiger partial charge in [-0.05, 0) is 36.2 Å². The Hall–Kier alpha value is -3.80. The summed E-state index contributed by atoms with van der Waals surface area (Å²) >= 11 is 0. The van der Waals surface area contributed by atoms with E-state index in [0.29, 0.717) is 25.3 Å². The summed E-state index contributed by atoms with van der Waals surface area (Å²) in [6.07, 6.45) is 1.42. The topological polar surface area (TPSA) is 61.9 Å². The number of hydrogen-bond donors (Lipinski definition) is 1. The molecule has 2 amide bonds. The van der Waals surface area contributed by atoms with E-state index in [1.165, 1.54) is 0 Å². The molecule has 0 radical (unpaired) electrons. The summed E-state index contributed by atoms with van der Waals surface area (Å²) in [5, 5.41) is 3.28. The van der Waals surface area contributed by atoms with E-state index in [9.17, 15) is 9.59 Å². The van der Waals surface area contributed by atoms with Crippen LogP contribution >= 0.6 is 0 Å². The molecule has 0 aromatic heterocycles. The second-order valence-electron chi connectivity index (χ2n) is 7.99. The fourth-order valence-corrected chi connectivity index (χ4v) is 4.44. The molecule has 1 atom stereocenters. The fourth-order valence-electron chi connectivity index (χ4n) is 4.44. The van der Waals surface area contributed by atoms with Gasteiger partial charge in [0.15, 0.2) is 0 Å². The highest BCUT2D eigenvalue weighted by Crippen LogP contribution is 2.39. The van der Waals surface area contributed by atoms with Gasteiger partial charge in [0.1, 0.15) is 12.4 Å². The molecule has 0 saturated carbocycles. The van der Waals surface area contributed by atoms with Crippen LogP contribution in [0.2, 0.25) is 0 Å². The molecule has 1 unspecified atom stereocenters. The van der Waals surface area contributed by atoms with Crippen LogP contribution in [-0.4, -0.2) is 31.5 Å². The number of carbonyl (C=O) groups excluding carboxylic acids is 2. The van der Waals surface area contributed by atoms with Crippen molar-refractivity contribution >= 4 is 28.9 Å². The third kappa shape index (κ3) is 3.80. The number of nitrogens with one attached hydrogen (secondary N) is 1. The van der Waals surface area contributed by atoms with E-state index in [1.807, 2.05) is 83.8 Å². The van der Waals surface area contributed by atoms with Crippen molar-refractivity contribution in [2.75, 3.05) is 34.8 Å². The summed E-state index contributed by atoms with van der Waals surface area (Å²) in [4.78, 5) is 29.4. The van der Waals surface area contributed by atoms with E-state index < -0.39 is 0 Å². The first-order valence-electron chi connectivity index (χ1n) is 10.9. The number of benzene rings is 3. The fraction of sp³-hybridized carbons (Fsp3) is 0.231. The number of carbonyl (C=O) groups is 2. The lowest BCUT2D eigenvalue weighted by Crippen LogP contribution is -2.43. The van der Waals surface area contributed by atoms with E-state index in [2.05, 4.69) is 5.32 Å². The molecule has 2 heterocycles. The first kappa shape index (κ1) is 20.1. The van der Waals surface area contributed by atoms with Crippen molar-refractivity contribution in [2.24, 2.45) is 0 Å². The van der Waals surface area contributed by atoms with Crippen LogP contribution in [0.5, 0.6) is 5.75 Å². The Labute approximate surface area is 187 Å². The maximum atomic E-state index is 13.5. The minimum Gasteiger partial charge on any atom is -0.489 e. The molecule has 32 heavy (non-hydrogen) atoms. The maximum Gasteiger partial charge on any atom is 0.247 e. The number of hydrogen-bond acceptors (Lipinski definition) is 4. The lowest BCUT2D eigenvalue weighted by atomic mass is 10.0. The molecule has 0 aliphatic carbocycles. The van der Waals surface area contributed by atoms with E-state index in [0.717, 1.165) is 29.0 Å². The standard InChI is InChI=1S/C26H25N3O3/c30-25-15-8-16-28(25)21-12-5-4-11-20(21)27-17-26(31)29-22-13-6-7-14-24(22)32-18-23(29)19-9-2-1-3-10-19/h1-7,9-14,23,27H,8,15-18H2. The highest BCUT2D eigenvalue weighted by Gasteiger charge is 2.33. The van der Waals surface area contributed by atoms with Crippen LogP contribution in [0.4, 0.5) is 17.1 Å². The Morgan fingerprint density at radius 2 is 1.66 bits per heavy atom. The molecular formula is C26H25N3O3. The monoisotopic (exact) mass is 427 g/mol. The second kappa shape index (κ2) is 8.75. The Kier molecular flexibility index (Phi) is 5.50. The van der Waals surface area contributed by atoms with Crippen molar-refractivity contribution in [3.8, 4) is 5.75 Å². The van der Waals surface area contributed by atoms with Crippen molar-refractivity contribution in [1.29, 1.82) is 0 Å². The summed E-state index contributed by atoms with van der Waals surface area (Å²) < 4.78 is 5.97. The average molecular weight is 428 g/mol. The third-order valence-electron chi connectivity index (χ3n) is 5.98. The first-order chi connectivity index (χ1) is 15.7. The molecule has 1 fully saturated rings. The minimum absolute atomic E-state index is 0.0582. The number of fused-ring (bicyclic) bond motifs is 1. The van der Waals surface area contributed by atoms with Crippen molar-refractivity contribution in [3.63, 3.8) is 0 Å². The number of anilines is 3. The van der Waals surface area contributed by atoms with Crippen LogP contribution in [0.15, 0.2) is 78.9 Å². The molecule has 2 aliphatic rings. The summed E-state index contributed by atoms with van der Waals surface area (Å²) in [6.45, 7) is 1.21. The Bertz CT molecular complexity index is 1130. The lowest BCUT2D eigenvalue weighted by molar-refractivity contribution is -0.118. The average Bonchev–Trinajstić information content (AvgIpc) is 3.28. The van der Waals surface area contributed by atoms with E-state index in [1.54, 1.807) is 4.90 Å². The van der Waals surface area contributed by atoms with E-state index in [4.69, 9.17) is 4.74 Å². The molecule has 3 aromatic carbocycles.